The number of hydrogen-bond acceptors (Lipinski definition) is 3. The maximum Gasteiger partial charge on any atom is 0.131 e. The molecule has 3 nitrogen and oxygen atoms in total. The lowest BCUT2D eigenvalue weighted by molar-refractivity contribution is 0.116. The van der Waals surface area contributed by atoms with E-state index in [1.807, 2.05) is 12.4 Å². The molecule has 1 aliphatic rings. The topological polar surface area (TPSA) is 35.0 Å². The van der Waals surface area contributed by atoms with Crippen LogP contribution in [-0.2, 0) is 11.3 Å². The summed E-state index contributed by atoms with van der Waals surface area (Å²) >= 11 is 0. The Morgan fingerprint density at radius 3 is 2.19 bits per heavy atom. The van der Waals surface area contributed by atoms with E-state index in [-0.39, 0.29) is 0 Å². The van der Waals surface area contributed by atoms with Crippen LogP contribution >= 0.6 is 0 Å². The second-order valence-corrected chi connectivity index (χ2v) is 8.13. The van der Waals surface area contributed by atoms with E-state index in [4.69, 9.17) is 4.74 Å². The smallest absolute Gasteiger partial charge is 0.131 e. The van der Waals surface area contributed by atoms with Crippen LogP contribution in [0.5, 0.6) is 0 Å². The van der Waals surface area contributed by atoms with Crippen molar-refractivity contribution in [3.05, 3.63) is 23.8 Å². The lowest BCUT2D eigenvalue weighted by atomic mass is 9.79. The molecule has 0 atom stereocenters. The SMILES string of the molecule is CCCCCCC[C@H]1CC[C@H](c2ncc(COCCCCC)cn2)CC1. The van der Waals surface area contributed by atoms with Crippen molar-refractivity contribution in [3.63, 3.8) is 0 Å². The zero-order valence-electron chi connectivity index (χ0n) is 17.2. The standard InChI is InChI=1S/C23H40N2O/c1-3-5-7-8-9-11-20-12-14-22(15-13-20)23-24-17-21(18-25-23)19-26-16-10-6-4-2/h17-18,20,22H,3-16,19H2,1-2H3/t20-,22-. The molecule has 1 fully saturated rings. The third kappa shape index (κ3) is 8.16. The Hall–Kier alpha value is -0.960. The van der Waals surface area contributed by atoms with Crippen molar-refractivity contribution in [2.45, 2.75) is 110 Å². The minimum absolute atomic E-state index is 0.575. The Kier molecular flexibility index (Phi) is 10.9. The van der Waals surface area contributed by atoms with Gasteiger partial charge in [0.15, 0.2) is 0 Å². The fraction of sp³-hybridized carbons (Fsp3) is 0.826. The van der Waals surface area contributed by atoms with Crippen molar-refractivity contribution >= 4 is 0 Å². The van der Waals surface area contributed by atoms with Crippen molar-refractivity contribution in [2.24, 2.45) is 5.92 Å². The minimum atomic E-state index is 0.575. The summed E-state index contributed by atoms with van der Waals surface area (Å²) in [7, 11) is 0. The first-order valence-corrected chi connectivity index (χ1v) is 11.2. The van der Waals surface area contributed by atoms with Gasteiger partial charge in [0, 0.05) is 30.5 Å². The van der Waals surface area contributed by atoms with Crippen LogP contribution in [0.15, 0.2) is 12.4 Å². The number of hydrogen-bond donors (Lipinski definition) is 0. The van der Waals surface area contributed by atoms with Crippen LogP contribution in [0.1, 0.15) is 115 Å². The highest BCUT2D eigenvalue weighted by molar-refractivity contribution is 5.07. The highest BCUT2D eigenvalue weighted by Gasteiger charge is 2.23. The average Bonchev–Trinajstić information content (AvgIpc) is 2.69. The summed E-state index contributed by atoms with van der Waals surface area (Å²) < 4.78 is 5.70. The third-order valence-electron chi connectivity index (χ3n) is 5.81. The number of nitrogens with zero attached hydrogens (tertiary/aromatic N) is 2. The summed E-state index contributed by atoms with van der Waals surface area (Å²) in [6.45, 7) is 6.00. The van der Waals surface area contributed by atoms with Gasteiger partial charge in [-0.05, 0) is 38.0 Å². The summed E-state index contributed by atoms with van der Waals surface area (Å²) in [5.41, 5.74) is 1.10. The zero-order chi connectivity index (χ0) is 18.5. The Bertz CT molecular complexity index is 452. The van der Waals surface area contributed by atoms with Gasteiger partial charge in [0.1, 0.15) is 5.82 Å². The summed E-state index contributed by atoms with van der Waals surface area (Å²) in [5.74, 6) is 2.58. The molecule has 3 heteroatoms. The third-order valence-corrected chi connectivity index (χ3v) is 5.81. The van der Waals surface area contributed by atoms with E-state index in [1.165, 1.54) is 77.0 Å². The normalized spacial score (nSPS) is 20.4. The summed E-state index contributed by atoms with van der Waals surface area (Å²) in [6, 6.07) is 0. The molecular formula is C23H40N2O. The first kappa shape index (κ1) is 21.3. The van der Waals surface area contributed by atoms with Crippen LogP contribution in [0, 0.1) is 5.92 Å². The van der Waals surface area contributed by atoms with Gasteiger partial charge in [-0.1, -0.05) is 65.2 Å². The van der Waals surface area contributed by atoms with E-state index in [1.54, 1.807) is 0 Å². The van der Waals surface area contributed by atoms with E-state index < -0.39 is 0 Å². The lowest BCUT2D eigenvalue weighted by Gasteiger charge is -2.27. The van der Waals surface area contributed by atoms with Crippen LogP contribution in [0.4, 0.5) is 0 Å². The van der Waals surface area contributed by atoms with E-state index in [9.17, 15) is 0 Å². The van der Waals surface area contributed by atoms with Crippen LogP contribution in [0.25, 0.3) is 0 Å². The van der Waals surface area contributed by atoms with Gasteiger partial charge in [0.25, 0.3) is 0 Å². The quantitative estimate of drug-likeness (QED) is 0.362. The van der Waals surface area contributed by atoms with Crippen LogP contribution < -0.4 is 0 Å². The Morgan fingerprint density at radius 1 is 0.846 bits per heavy atom. The molecular weight excluding hydrogens is 320 g/mol. The van der Waals surface area contributed by atoms with Crippen LogP contribution in [0.2, 0.25) is 0 Å². The van der Waals surface area contributed by atoms with Gasteiger partial charge < -0.3 is 4.74 Å². The van der Waals surface area contributed by atoms with Crippen molar-refractivity contribution in [2.75, 3.05) is 6.61 Å². The van der Waals surface area contributed by atoms with Gasteiger partial charge in [0.2, 0.25) is 0 Å². The Balaban J connectivity index is 1.62. The van der Waals surface area contributed by atoms with E-state index in [2.05, 4.69) is 23.8 Å². The largest absolute Gasteiger partial charge is 0.377 e. The van der Waals surface area contributed by atoms with Gasteiger partial charge in [0.05, 0.1) is 6.61 Å². The number of aromatic nitrogens is 2. The van der Waals surface area contributed by atoms with Crippen molar-refractivity contribution in [1.82, 2.24) is 9.97 Å². The van der Waals surface area contributed by atoms with Crippen molar-refractivity contribution in [1.29, 1.82) is 0 Å². The molecule has 0 bridgehead atoms. The maximum absolute atomic E-state index is 5.70. The fourth-order valence-electron chi connectivity index (χ4n) is 4.04. The molecule has 1 saturated carbocycles. The van der Waals surface area contributed by atoms with Crippen molar-refractivity contribution in [3.8, 4) is 0 Å². The molecule has 1 heterocycles. The number of unbranched alkanes of at least 4 members (excludes halogenated alkanes) is 6. The van der Waals surface area contributed by atoms with Gasteiger partial charge in [-0.15, -0.1) is 0 Å². The first-order valence-electron chi connectivity index (χ1n) is 11.2. The number of ether oxygens (including phenoxy) is 1. The summed E-state index contributed by atoms with van der Waals surface area (Å²) in [4.78, 5) is 9.29. The summed E-state index contributed by atoms with van der Waals surface area (Å²) in [6.07, 6.45) is 21.3. The highest BCUT2D eigenvalue weighted by atomic mass is 16.5. The molecule has 0 spiro atoms. The second-order valence-electron chi connectivity index (χ2n) is 8.13. The molecule has 0 aliphatic heterocycles. The molecule has 26 heavy (non-hydrogen) atoms. The van der Waals surface area contributed by atoms with Crippen molar-refractivity contribution < 1.29 is 4.74 Å². The lowest BCUT2D eigenvalue weighted by Crippen LogP contribution is -2.15. The van der Waals surface area contributed by atoms with E-state index in [0.29, 0.717) is 12.5 Å². The first-order chi connectivity index (χ1) is 12.8. The molecule has 1 aliphatic carbocycles. The molecule has 0 unspecified atom stereocenters. The predicted octanol–water partition coefficient (Wildman–Crippen LogP) is 6.82. The van der Waals surface area contributed by atoms with Gasteiger partial charge in [-0.2, -0.15) is 0 Å². The molecule has 1 aromatic heterocycles. The fourth-order valence-corrected chi connectivity index (χ4v) is 4.04. The molecule has 1 aromatic rings. The number of rotatable bonds is 13. The van der Waals surface area contributed by atoms with Crippen LogP contribution in [-0.4, -0.2) is 16.6 Å². The van der Waals surface area contributed by atoms with Gasteiger partial charge >= 0.3 is 0 Å². The molecule has 0 N–H and O–H groups in total. The zero-order valence-corrected chi connectivity index (χ0v) is 17.2. The monoisotopic (exact) mass is 360 g/mol. The highest BCUT2D eigenvalue weighted by Crippen LogP contribution is 2.36. The molecule has 0 aromatic carbocycles. The molecule has 2 rings (SSSR count). The molecule has 148 valence electrons. The Morgan fingerprint density at radius 2 is 1.50 bits per heavy atom. The molecule has 0 amide bonds. The summed E-state index contributed by atoms with van der Waals surface area (Å²) in [5, 5.41) is 0. The molecule has 0 saturated heterocycles. The van der Waals surface area contributed by atoms with Gasteiger partial charge in [-0.25, -0.2) is 9.97 Å². The Labute approximate surface area is 161 Å². The van der Waals surface area contributed by atoms with E-state index >= 15 is 0 Å². The maximum atomic E-state index is 5.70. The van der Waals surface area contributed by atoms with Crippen LogP contribution in [0.3, 0.4) is 0 Å². The average molecular weight is 361 g/mol. The van der Waals surface area contributed by atoms with E-state index in [0.717, 1.165) is 30.3 Å². The molecule has 0 radical (unpaired) electrons. The minimum Gasteiger partial charge on any atom is -0.377 e. The second kappa shape index (κ2) is 13.2. The predicted molar refractivity (Wildman–Crippen MR) is 109 cm³/mol. The van der Waals surface area contributed by atoms with Gasteiger partial charge in [-0.3, -0.25) is 0 Å².